The highest BCUT2D eigenvalue weighted by Crippen LogP contribution is 2.16. The van der Waals surface area contributed by atoms with Gasteiger partial charge in [0.15, 0.2) is 23.2 Å². The molecule has 0 aliphatic heterocycles. The van der Waals surface area contributed by atoms with Crippen molar-refractivity contribution in [3.63, 3.8) is 0 Å². The van der Waals surface area contributed by atoms with Gasteiger partial charge in [-0.3, -0.25) is 4.79 Å². The molecule has 0 saturated heterocycles. The Labute approximate surface area is 108 Å². The third-order valence-electron chi connectivity index (χ3n) is 2.79. The number of hydrogen-bond donors (Lipinski definition) is 0. The zero-order valence-corrected chi connectivity index (χ0v) is 10.00. The quantitative estimate of drug-likeness (QED) is 0.604. The minimum absolute atomic E-state index is 0.120. The van der Waals surface area contributed by atoms with Gasteiger partial charge in [-0.05, 0) is 24.1 Å². The van der Waals surface area contributed by atoms with Gasteiger partial charge < -0.3 is 0 Å². The van der Waals surface area contributed by atoms with Crippen molar-refractivity contribution in [3.05, 3.63) is 71.0 Å². The van der Waals surface area contributed by atoms with Crippen LogP contribution in [-0.4, -0.2) is 5.78 Å². The Morgan fingerprint density at radius 3 is 2.11 bits per heavy atom. The first-order valence-corrected chi connectivity index (χ1v) is 5.79. The first-order valence-electron chi connectivity index (χ1n) is 5.79. The molecular weight excluding hydrogens is 253 g/mol. The van der Waals surface area contributed by atoms with Crippen molar-refractivity contribution >= 4 is 5.78 Å². The number of carbonyl (C=O) groups is 1. The SMILES string of the molecule is O=C(CCc1ccccc1)c1cc(F)c(F)c(F)c1. The Balaban J connectivity index is 2.08. The number of Topliss-reactive ketones (excluding diaryl/α,β-unsaturated/α-hetero) is 1. The number of rotatable bonds is 4. The van der Waals surface area contributed by atoms with Crippen molar-refractivity contribution in [3.8, 4) is 0 Å². The summed E-state index contributed by atoms with van der Waals surface area (Å²) >= 11 is 0. The summed E-state index contributed by atoms with van der Waals surface area (Å²) in [4.78, 5) is 11.8. The first kappa shape index (κ1) is 13.3. The summed E-state index contributed by atoms with van der Waals surface area (Å²) in [6.07, 6.45) is 0.592. The van der Waals surface area contributed by atoms with Crippen LogP contribution in [0.4, 0.5) is 13.2 Å². The Morgan fingerprint density at radius 2 is 1.53 bits per heavy atom. The Bertz CT molecular complexity index is 571. The van der Waals surface area contributed by atoms with Gasteiger partial charge in [-0.2, -0.15) is 0 Å². The van der Waals surface area contributed by atoms with E-state index in [2.05, 4.69) is 0 Å². The van der Waals surface area contributed by atoms with Crippen LogP contribution in [0.5, 0.6) is 0 Å². The number of hydrogen-bond acceptors (Lipinski definition) is 1. The van der Waals surface area contributed by atoms with Crippen molar-refractivity contribution in [1.82, 2.24) is 0 Å². The van der Waals surface area contributed by atoms with Crippen LogP contribution in [-0.2, 0) is 6.42 Å². The average molecular weight is 264 g/mol. The lowest BCUT2D eigenvalue weighted by atomic mass is 10.0. The molecule has 19 heavy (non-hydrogen) atoms. The molecule has 1 nitrogen and oxygen atoms in total. The molecule has 0 aromatic heterocycles. The molecule has 0 aliphatic rings. The van der Waals surface area contributed by atoms with E-state index in [0.29, 0.717) is 6.42 Å². The monoisotopic (exact) mass is 264 g/mol. The third-order valence-corrected chi connectivity index (χ3v) is 2.79. The molecule has 0 atom stereocenters. The van der Waals surface area contributed by atoms with Gasteiger partial charge in [0.05, 0.1) is 0 Å². The van der Waals surface area contributed by atoms with E-state index in [1.165, 1.54) is 0 Å². The maximum Gasteiger partial charge on any atom is 0.194 e. The van der Waals surface area contributed by atoms with Gasteiger partial charge in [-0.25, -0.2) is 13.2 Å². The number of carbonyl (C=O) groups excluding carboxylic acids is 1. The smallest absolute Gasteiger partial charge is 0.194 e. The van der Waals surface area contributed by atoms with Crippen LogP contribution in [0.15, 0.2) is 42.5 Å². The first-order chi connectivity index (χ1) is 9.08. The van der Waals surface area contributed by atoms with Crippen LogP contribution in [0.1, 0.15) is 22.3 Å². The fourth-order valence-electron chi connectivity index (χ4n) is 1.76. The molecule has 0 unspecified atom stereocenters. The van der Waals surface area contributed by atoms with Gasteiger partial charge in [0.1, 0.15) is 0 Å². The number of benzene rings is 2. The lowest BCUT2D eigenvalue weighted by molar-refractivity contribution is 0.0981. The second-order valence-corrected chi connectivity index (χ2v) is 4.16. The summed E-state index contributed by atoms with van der Waals surface area (Å²) in [5, 5.41) is 0. The lowest BCUT2D eigenvalue weighted by Gasteiger charge is -2.03. The van der Waals surface area contributed by atoms with Crippen molar-refractivity contribution in [2.24, 2.45) is 0 Å². The number of ketones is 1. The van der Waals surface area contributed by atoms with E-state index in [4.69, 9.17) is 0 Å². The summed E-state index contributed by atoms with van der Waals surface area (Å²) < 4.78 is 38.8. The molecule has 98 valence electrons. The van der Waals surface area contributed by atoms with E-state index in [1.54, 1.807) is 0 Å². The Hall–Kier alpha value is -2.10. The lowest BCUT2D eigenvalue weighted by Crippen LogP contribution is -2.04. The normalized spacial score (nSPS) is 10.5. The zero-order valence-electron chi connectivity index (χ0n) is 10.00. The van der Waals surface area contributed by atoms with Gasteiger partial charge in [-0.15, -0.1) is 0 Å². The van der Waals surface area contributed by atoms with E-state index < -0.39 is 23.2 Å². The minimum atomic E-state index is -1.56. The topological polar surface area (TPSA) is 17.1 Å². The van der Waals surface area contributed by atoms with E-state index in [-0.39, 0.29) is 12.0 Å². The van der Waals surface area contributed by atoms with E-state index in [9.17, 15) is 18.0 Å². The molecule has 0 radical (unpaired) electrons. The number of aryl methyl sites for hydroxylation is 1. The second-order valence-electron chi connectivity index (χ2n) is 4.16. The molecule has 0 spiro atoms. The molecule has 0 saturated carbocycles. The Kier molecular flexibility index (Phi) is 4.00. The second kappa shape index (κ2) is 5.69. The van der Waals surface area contributed by atoms with E-state index in [0.717, 1.165) is 17.7 Å². The predicted octanol–water partition coefficient (Wildman–Crippen LogP) is 3.92. The predicted molar refractivity (Wildman–Crippen MR) is 65.4 cm³/mol. The van der Waals surface area contributed by atoms with Gasteiger partial charge in [-0.1, -0.05) is 30.3 Å². The molecule has 0 heterocycles. The highest BCUT2D eigenvalue weighted by Gasteiger charge is 2.14. The van der Waals surface area contributed by atoms with Crippen molar-refractivity contribution in [1.29, 1.82) is 0 Å². The van der Waals surface area contributed by atoms with Crippen LogP contribution in [0, 0.1) is 17.5 Å². The molecule has 0 N–H and O–H groups in total. The summed E-state index contributed by atoms with van der Waals surface area (Å²) in [7, 11) is 0. The molecule has 2 rings (SSSR count). The summed E-state index contributed by atoms with van der Waals surface area (Å²) in [5.74, 6) is -4.66. The van der Waals surface area contributed by atoms with E-state index in [1.807, 2.05) is 30.3 Å². The van der Waals surface area contributed by atoms with Crippen molar-refractivity contribution < 1.29 is 18.0 Å². The van der Waals surface area contributed by atoms with Crippen molar-refractivity contribution in [2.45, 2.75) is 12.8 Å². The summed E-state index contributed by atoms with van der Waals surface area (Å²) in [5.41, 5.74) is 0.811. The fourth-order valence-corrected chi connectivity index (χ4v) is 1.76. The summed E-state index contributed by atoms with van der Waals surface area (Å²) in [6, 6.07) is 10.7. The largest absolute Gasteiger partial charge is 0.294 e. The molecule has 0 bridgehead atoms. The van der Waals surface area contributed by atoms with Gasteiger partial charge in [0.25, 0.3) is 0 Å². The van der Waals surface area contributed by atoms with Crippen LogP contribution in [0.2, 0.25) is 0 Å². The minimum Gasteiger partial charge on any atom is -0.294 e. The number of halogens is 3. The maximum atomic E-state index is 13.0. The highest BCUT2D eigenvalue weighted by atomic mass is 19.2. The summed E-state index contributed by atoms with van der Waals surface area (Å²) in [6.45, 7) is 0. The average Bonchev–Trinajstić information content (AvgIpc) is 2.42. The molecule has 0 aliphatic carbocycles. The van der Waals surface area contributed by atoms with Gasteiger partial charge in [0.2, 0.25) is 0 Å². The van der Waals surface area contributed by atoms with Crippen LogP contribution < -0.4 is 0 Å². The fraction of sp³-hybridized carbons (Fsp3) is 0.133. The molecule has 0 amide bonds. The Morgan fingerprint density at radius 1 is 0.947 bits per heavy atom. The molecule has 0 fully saturated rings. The maximum absolute atomic E-state index is 13.0. The van der Waals surface area contributed by atoms with Crippen LogP contribution >= 0.6 is 0 Å². The molecule has 4 heteroatoms. The third kappa shape index (κ3) is 3.22. The van der Waals surface area contributed by atoms with Gasteiger partial charge >= 0.3 is 0 Å². The molecule has 2 aromatic carbocycles. The van der Waals surface area contributed by atoms with Crippen LogP contribution in [0.3, 0.4) is 0 Å². The highest BCUT2D eigenvalue weighted by molar-refractivity contribution is 5.96. The van der Waals surface area contributed by atoms with Gasteiger partial charge in [0, 0.05) is 12.0 Å². The molecule has 2 aromatic rings. The van der Waals surface area contributed by atoms with E-state index >= 15 is 0 Å². The zero-order chi connectivity index (χ0) is 13.8. The molecular formula is C15H11F3O. The van der Waals surface area contributed by atoms with Crippen LogP contribution in [0.25, 0.3) is 0 Å². The standard InChI is InChI=1S/C15H11F3O/c16-12-8-11(9-13(17)15(12)18)14(19)7-6-10-4-2-1-3-5-10/h1-5,8-9H,6-7H2. The van der Waals surface area contributed by atoms with Crippen molar-refractivity contribution in [2.75, 3.05) is 0 Å².